The van der Waals surface area contributed by atoms with Crippen molar-refractivity contribution >= 4 is 0 Å². The molecule has 1 saturated heterocycles. The van der Waals surface area contributed by atoms with Crippen LogP contribution >= 0.6 is 0 Å². The summed E-state index contributed by atoms with van der Waals surface area (Å²) >= 11 is 0. The summed E-state index contributed by atoms with van der Waals surface area (Å²) in [5.41, 5.74) is -2.70. The Morgan fingerprint density at radius 3 is 2.33 bits per heavy atom. The van der Waals surface area contributed by atoms with Gasteiger partial charge in [0, 0.05) is 18.4 Å². The first kappa shape index (κ1) is 25.1. The smallest absolute Gasteiger partial charge is 0.418 e. The van der Waals surface area contributed by atoms with Gasteiger partial charge >= 0.3 is 6.18 Å². The van der Waals surface area contributed by atoms with Crippen molar-refractivity contribution in [2.75, 3.05) is 6.61 Å². The Balaban J connectivity index is 0.00000326. The molecule has 1 fully saturated rings. The van der Waals surface area contributed by atoms with Gasteiger partial charge in [-0.2, -0.15) is 13.2 Å². The molecule has 0 aromatic heterocycles. The molecule has 0 spiro atoms. The summed E-state index contributed by atoms with van der Waals surface area (Å²) in [5.74, 6) is 2.23. The fourth-order valence-electron chi connectivity index (χ4n) is 3.03. The molecule has 2 unspecified atom stereocenters. The van der Waals surface area contributed by atoms with Crippen LogP contribution in [0.15, 0.2) is 35.3 Å². The zero-order valence-electron chi connectivity index (χ0n) is 16.8. The van der Waals surface area contributed by atoms with Crippen LogP contribution in [0.2, 0.25) is 0 Å². The minimum absolute atomic E-state index is 0.150. The van der Waals surface area contributed by atoms with E-state index in [1.165, 1.54) is 6.08 Å². The number of rotatable bonds is 6. The Morgan fingerprint density at radius 1 is 1.37 bits per heavy atom. The van der Waals surface area contributed by atoms with Crippen molar-refractivity contribution in [2.24, 2.45) is 5.41 Å². The van der Waals surface area contributed by atoms with Gasteiger partial charge in [0.25, 0.3) is 0 Å². The third-order valence-corrected chi connectivity index (χ3v) is 4.88. The minimum atomic E-state index is -4.84. The van der Waals surface area contributed by atoms with E-state index in [0.29, 0.717) is 36.4 Å². The Bertz CT molecular complexity index is 626. The van der Waals surface area contributed by atoms with Crippen molar-refractivity contribution in [1.82, 2.24) is 0 Å². The number of terminal acetylenes is 1. The molecule has 1 aliphatic heterocycles. The normalized spacial score (nSPS) is 21.9. The van der Waals surface area contributed by atoms with Crippen molar-refractivity contribution in [2.45, 2.75) is 72.1 Å². The van der Waals surface area contributed by atoms with Gasteiger partial charge in [0.2, 0.25) is 0 Å². The maximum atomic E-state index is 13.4. The quantitative estimate of drug-likeness (QED) is 0.445. The largest absolute Gasteiger partial charge is 0.509 e. The third kappa shape index (κ3) is 6.07. The molecule has 0 amide bonds. The Labute approximate surface area is 160 Å². The molecule has 0 aliphatic carbocycles. The fourth-order valence-corrected chi connectivity index (χ4v) is 3.03. The van der Waals surface area contributed by atoms with Gasteiger partial charge in [0.1, 0.15) is 11.5 Å². The second-order valence-electron chi connectivity index (χ2n) is 6.71. The minimum Gasteiger partial charge on any atom is -0.509 e. The van der Waals surface area contributed by atoms with Crippen LogP contribution in [0.3, 0.4) is 0 Å². The molecule has 2 atom stereocenters. The summed E-state index contributed by atoms with van der Waals surface area (Å²) in [4.78, 5) is 0. The van der Waals surface area contributed by atoms with Gasteiger partial charge in [-0.25, -0.2) is 0 Å². The number of alkyl halides is 3. The fraction of sp³-hybridized carbons (Fsp3) is 0.619. The number of allylic oxidation sites excluding steroid dienone is 3. The number of aliphatic hydroxyl groups excluding tert-OH is 1. The van der Waals surface area contributed by atoms with Gasteiger partial charge in [0.05, 0.1) is 6.61 Å². The van der Waals surface area contributed by atoms with Crippen LogP contribution in [0, 0.1) is 17.8 Å². The van der Waals surface area contributed by atoms with Crippen molar-refractivity contribution in [1.29, 1.82) is 0 Å². The van der Waals surface area contributed by atoms with Gasteiger partial charge in [-0.3, -0.25) is 0 Å². The molecule has 2 N–H and O–H groups in total. The summed E-state index contributed by atoms with van der Waals surface area (Å²) in [7, 11) is 0. The molecule has 1 heterocycles. The third-order valence-electron chi connectivity index (χ3n) is 4.88. The molecule has 0 saturated carbocycles. The lowest BCUT2D eigenvalue weighted by atomic mass is 9.70. The van der Waals surface area contributed by atoms with E-state index in [1.807, 2.05) is 19.8 Å². The average molecular weight is 388 g/mol. The molecule has 1 aliphatic rings. The van der Waals surface area contributed by atoms with E-state index in [4.69, 9.17) is 11.2 Å². The van der Waals surface area contributed by atoms with Crippen molar-refractivity contribution in [3.05, 3.63) is 35.3 Å². The lowest BCUT2D eigenvalue weighted by Gasteiger charge is -2.39. The number of halogens is 3. The molecular formula is C21H31F3O3. The second-order valence-corrected chi connectivity index (χ2v) is 6.71. The van der Waals surface area contributed by atoms with Crippen LogP contribution in [0.25, 0.3) is 0 Å². The molecule has 0 aromatic rings. The summed E-state index contributed by atoms with van der Waals surface area (Å²) in [6.45, 7) is 12.9. The molecule has 6 heteroatoms. The molecule has 3 nitrogen and oxygen atoms in total. The monoisotopic (exact) mass is 388 g/mol. The molecule has 0 radical (unpaired) electrons. The van der Waals surface area contributed by atoms with Crippen molar-refractivity contribution in [3.63, 3.8) is 0 Å². The van der Waals surface area contributed by atoms with Crippen LogP contribution in [0.4, 0.5) is 13.2 Å². The average Bonchev–Trinajstić information content (AvgIpc) is 3.02. The van der Waals surface area contributed by atoms with Gasteiger partial charge in [0.15, 0.2) is 5.60 Å². The van der Waals surface area contributed by atoms with Gasteiger partial charge in [-0.15, -0.1) is 12.3 Å². The summed E-state index contributed by atoms with van der Waals surface area (Å²) in [5, 5.41) is 19.6. The van der Waals surface area contributed by atoms with Crippen LogP contribution in [0.5, 0.6) is 0 Å². The van der Waals surface area contributed by atoms with Crippen LogP contribution in [0.1, 0.15) is 60.3 Å². The Hall–Kier alpha value is -1.87. The molecular weight excluding hydrogens is 357 g/mol. The van der Waals surface area contributed by atoms with Gasteiger partial charge in [-0.1, -0.05) is 34.3 Å². The Kier molecular flexibility index (Phi) is 9.20. The standard InChI is InChI=1S/C19H25F3O3.C2H6/c1-6-9-18(24,19(20,21)22)12-17(5,7-2)14(4)16-15(8-10-25-16)11-13(3)23;1-2/h1,11,23-24H,3,7-10,12H2,2,4-5H3;1-2H3/b15-11-,16-14-;. The Morgan fingerprint density at radius 2 is 1.93 bits per heavy atom. The highest BCUT2D eigenvalue weighted by atomic mass is 19.4. The van der Waals surface area contributed by atoms with Crippen LogP contribution < -0.4 is 0 Å². The molecule has 0 aromatic carbocycles. The zero-order chi connectivity index (χ0) is 21.5. The first-order valence-electron chi connectivity index (χ1n) is 9.05. The van der Waals surface area contributed by atoms with Crippen LogP contribution in [-0.2, 0) is 4.74 Å². The van der Waals surface area contributed by atoms with E-state index in [2.05, 4.69) is 6.58 Å². The predicted octanol–water partition coefficient (Wildman–Crippen LogP) is 5.83. The number of hydrogen-bond acceptors (Lipinski definition) is 3. The summed E-state index contributed by atoms with van der Waals surface area (Å²) in [6, 6.07) is 0. The molecule has 1 rings (SSSR count). The maximum absolute atomic E-state index is 13.4. The second kappa shape index (κ2) is 9.89. The van der Waals surface area contributed by atoms with E-state index >= 15 is 0 Å². The SMILES string of the molecule is C#CCC(O)(CC(C)(CC)/C(C)=C1\OCC\C1=C\C(=C)O)C(F)(F)F.CC. The number of hydrogen-bond donors (Lipinski definition) is 2. The van der Waals surface area contributed by atoms with E-state index in [1.54, 1.807) is 20.8 Å². The summed E-state index contributed by atoms with van der Waals surface area (Å²) in [6.07, 6.45) is 1.15. The highest BCUT2D eigenvalue weighted by molar-refractivity contribution is 5.38. The number of aliphatic hydroxyl groups is 2. The molecule has 27 heavy (non-hydrogen) atoms. The first-order valence-corrected chi connectivity index (χ1v) is 9.05. The van der Waals surface area contributed by atoms with Crippen LogP contribution in [-0.4, -0.2) is 28.6 Å². The van der Waals surface area contributed by atoms with E-state index in [-0.39, 0.29) is 5.76 Å². The van der Waals surface area contributed by atoms with Crippen molar-refractivity contribution < 1.29 is 28.1 Å². The predicted molar refractivity (Wildman–Crippen MR) is 102 cm³/mol. The molecule has 0 bridgehead atoms. The highest BCUT2D eigenvalue weighted by Crippen LogP contribution is 2.48. The van der Waals surface area contributed by atoms with E-state index in [0.717, 1.165) is 0 Å². The number of ether oxygens (including phenoxy) is 1. The lowest BCUT2D eigenvalue weighted by Crippen LogP contribution is -2.48. The summed E-state index contributed by atoms with van der Waals surface area (Å²) < 4.78 is 45.8. The zero-order valence-corrected chi connectivity index (χ0v) is 16.8. The molecule has 154 valence electrons. The maximum Gasteiger partial charge on any atom is 0.418 e. The van der Waals surface area contributed by atoms with Gasteiger partial charge in [-0.05, 0) is 36.8 Å². The van der Waals surface area contributed by atoms with Gasteiger partial charge < -0.3 is 14.9 Å². The topological polar surface area (TPSA) is 49.7 Å². The highest BCUT2D eigenvalue weighted by Gasteiger charge is 2.56. The van der Waals surface area contributed by atoms with E-state index < -0.39 is 30.0 Å². The first-order chi connectivity index (χ1) is 12.4. The van der Waals surface area contributed by atoms with Crippen molar-refractivity contribution in [3.8, 4) is 12.3 Å². The lowest BCUT2D eigenvalue weighted by molar-refractivity contribution is -0.267. The van der Waals surface area contributed by atoms with E-state index in [9.17, 15) is 23.4 Å².